The molecule has 8 rings (SSSR count). The van der Waals surface area contributed by atoms with E-state index in [2.05, 4.69) is 182 Å². The smallest absolute Gasteiger partial charge is 0.335 e. The van der Waals surface area contributed by atoms with Gasteiger partial charge in [0.15, 0.2) is 39.7 Å². The third-order valence-electron chi connectivity index (χ3n) is 16.7. The molecular formula is C57H94Cl2N10O12Si5. The molecule has 0 aliphatic carbocycles. The molecule has 8 heterocycles. The zero-order valence-electron chi connectivity index (χ0n) is 54.6. The Morgan fingerprint density at radius 3 is 1.41 bits per heavy atom. The van der Waals surface area contributed by atoms with Gasteiger partial charge in [-0.3, -0.25) is 34.2 Å². The van der Waals surface area contributed by atoms with E-state index in [0.29, 0.717) is 11.0 Å². The maximum atomic E-state index is 14.0. The lowest BCUT2D eigenvalue weighted by Crippen LogP contribution is -2.67. The van der Waals surface area contributed by atoms with Crippen LogP contribution in [0.2, 0.25) is 74.3 Å². The van der Waals surface area contributed by atoms with Crippen LogP contribution in [0.25, 0.3) is 22.3 Å². The van der Waals surface area contributed by atoms with Crippen LogP contribution >= 0.6 is 23.2 Å². The van der Waals surface area contributed by atoms with E-state index in [9.17, 15) is 19.5 Å². The van der Waals surface area contributed by atoms with E-state index in [4.69, 9.17) is 58.6 Å². The standard InChI is InChI=1S/C31H52ClN5O6Si3.C26H42ClN5O6Si2/c1-18(2)28(38)36-30-34-26(32)24-27(35-30)37(17-33-24)29-31(39,14-15-44(11,12)13)25-23(41-29)16-40-45(19(3)4,20(5)6)43-46(42-25,21(7)8)22(9)10;1-13(2)24(34)31-26-29-22(27)19-23(30-26)32(12-28-19)25-20(33)21-18(36-25)11-35-39(14(3)4,15(5)6)38-40(37-21,16(7)8)17(9)10/h17-23,25,29,39H,16H2,1-13H3,(H,34,35,36,38);12-18,21,25H,11H2,1-10H3,(H,29,30,31,34)/t23-,25-,29-,31+;18-,21-,25-/m11/s1. The van der Waals surface area contributed by atoms with Gasteiger partial charge < -0.3 is 40.5 Å². The van der Waals surface area contributed by atoms with Crippen molar-refractivity contribution >= 4 is 117 Å². The second-order valence-corrected chi connectivity index (χ2v) is 50.6. The van der Waals surface area contributed by atoms with Crippen molar-refractivity contribution in [2.75, 3.05) is 23.8 Å². The zero-order valence-corrected chi connectivity index (χ0v) is 61.1. The summed E-state index contributed by atoms with van der Waals surface area (Å²) >= 11 is 12.9. The molecule has 4 saturated heterocycles. The Morgan fingerprint density at radius 2 is 1.00 bits per heavy atom. The van der Waals surface area contributed by atoms with Crippen molar-refractivity contribution in [3.63, 3.8) is 0 Å². The summed E-state index contributed by atoms with van der Waals surface area (Å²) in [6, 6.07) is 0. The Labute approximate surface area is 523 Å². The number of imidazole rings is 2. The predicted octanol–water partition coefficient (Wildman–Crippen LogP) is 12.0. The molecule has 3 N–H and O–H groups in total. The SMILES string of the molecule is CC(C)C(=O)Nc1nc(Cl)c2ncn([C@@H]3O[C@@H]4CO[Si](C(C)C)(C(C)C)O[Si](C(C)C)(C(C)C)O[C@H]4C3=O)c2n1.CC(C)C(=O)Nc1nc(Cl)c2ncn([C@@H]3O[C@@H]4CO[Si](C(C)C)(C(C)C)O[Si](C(C)C)(C(C)C)O[C@H]4[C@@]3(O)C#C[Si](C)(C)C)c2n1. The molecule has 0 aromatic carbocycles. The average Bonchev–Trinajstić information content (AvgIpc) is 3.43. The van der Waals surface area contributed by atoms with Gasteiger partial charge in [0.2, 0.25) is 29.5 Å². The number of carbonyl (C=O) groups excluding carboxylic acids is 3. The second kappa shape index (κ2) is 26.4. The zero-order chi connectivity index (χ0) is 64.3. The van der Waals surface area contributed by atoms with E-state index in [-0.39, 0.29) is 120 Å². The lowest BCUT2D eigenvalue weighted by molar-refractivity contribution is -0.130. The van der Waals surface area contributed by atoms with E-state index in [1.165, 1.54) is 17.2 Å². The number of nitrogens with zero attached hydrogens (tertiary/aromatic N) is 8. The molecule has 7 atom stereocenters. The number of fused-ring (bicyclic) bond motifs is 4. The van der Waals surface area contributed by atoms with E-state index in [1.807, 2.05) is 0 Å². The molecule has 4 aromatic heterocycles. The normalized spacial score (nSPS) is 25.7. The number of aliphatic hydroxyl groups is 1. The summed E-state index contributed by atoms with van der Waals surface area (Å²) in [5.74, 6) is 1.95. The Balaban J connectivity index is 0.000000248. The van der Waals surface area contributed by atoms with Crippen LogP contribution in [0.1, 0.15) is 151 Å². The lowest BCUT2D eigenvalue weighted by Gasteiger charge is -2.51. The molecule has 0 radical (unpaired) electrons. The van der Waals surface area contributed by atoms with E-state index < -0.39 is 84.8 Å². The Hall–Kier alpha value is -3.43. The monoisotopic (exact) mass is 1320 g/mol. The van der Waals surface area contributed by atoms with Gasteiger partial charge >= 0.3 is 34.2 Å². The number of ether oxygens (including phenoxy) is 2. The van der Waals surface area contributed by atoms with Crippen molar-refractivity contribution in [3.05, 3.63) is 23.0 Å². The van der Waals surface area contributed by atoms with Crippen LogP contribution < -0.4 is 10.6 Å². The van der Waals surface area contributed by atoms with Crippen LogP contribution in [-0.2, 0) is 49.8 Å². The number of ketones is 1. The molecule has 0 spiro atoms. The van der Waals surface area contributed by atoms with Gasteiger partial charge in [-0.25, -0.2) is 9.97 Å². The van der Waals surface area contributed by atoms with Crippen molar-refractivity contribution in [3.8, 4) is 11.5 Å². The predicted molar refractivity (Wildman–Crippen MR) is 344 cm³/mol. The maximum absolute atomic E-state index is 14.0. The summed E-state index contributed by atoms with van der Waals surface area (Å²) in [7, 11) is -13.8. The molecule has 29 heteroatoms. The lowest BCUT2D eigenvalue weighted by atomic mass is 9.95. The second-order valence-electron chi connectivity index (χ2n) is 27.4. The minimum absolute atomic E-state index is 0.0260. The molecular weight excluding hydrogens is 1230 g/mol. The van der Waals surface area contributed by atoms with Gasteiger partial charge in [0.1, 0.15) is 43.5 Å². The van der Waals surface area contributed by atoms with Gasteiger partial charge in [-0.15, -0.1) is 5.54 Å². The topological polar surface area (TPSA) is 257 Å². The molecule has 4 aliphatic heterocycles. The summed E-state index contributed by atoms with van der Waals surface area (Å²) in [4.78, 5) is 65.1. The Bertz CT molecular complexity index is 3150. The van der Waals surface area contributed by atoms with Gasteiger partial charge in [0.25, 0.3) is 0 Å². The highest BCUT2D eigenvalue weighted by molar-refractivity contribution is 6.85. The highest BCUT2D eigenvalue weighted by Crippen LogP contribution is 2.52. The maximum Gasteiger partial charge on any atom is 0.335 e. The number of halogens is 2. The molecule has 4 aromatic rings. The number of amides is 2. The van der Waals surface area contributed by atoms with Crippen LogP contribution in [0, 0.1) is 23.3 Å². The fourth-order valence-corrected chi connectivity index (χ4v) is 35.2. The average molecular weight is 1320 g/mol. The first-order chi connectivity index (χ1) is 39.8. The quantitative estimate of drug-likeness (QED) is 0.0602. The van der Waals surface area contributed by atoms with Crippen molar-refractivity contribution in [2.24, 2.45) is 11.8 Å². The van der Waals surface area contributed by atoms with Crippen LogP contribution in [0.3, 0.4) is 0 Å². The number of hydrogen-bond donors (Lipinski definition) is 3. The number of rotatable bonds is 14. The van der Waals surface area contributed by atoms with Crippen LogP contribution in [0.15, 0.2) is 12.7 Å². The fourth-order valence-electron chi connectivity index (χ4n) is 11.8. The molecule has 4 fully saturated rings. The largest absolute Gasteiger partial charge is 0.414 e. The highest BCUT2D eigenvalue weighted by atomic mass is 35.5. The number of anilines is 2. The first kappa shape index (κ1) is 70.0. The first-order valence-electron chi connectivity index (χ1n) is 30.4. The number of aromatic nitrogens is 8. The molecule has 86 heavy (non-hydrogen) atoms. The molecule has 478 valence electrons. The highest BCUT2D eigenvalue weighted by Gasteiger charge is 2.67. The fraction of sp³-hybridized carbons (Fsp3) is 0.737. The molecule has 4 aliphatic rings. The molecule has 2 amide bonds. The molecule has 0 unspecified atom stereocenters. The Kier molecular flexibility index (Phi) is 21.5. The van der Waals surface area contributed by atoms with E-state index in [1.54, 1.807) is 32.3 Å². The van der Waals surface area contributed by atoms with Gasteiger partial charge in [-0.2, -0.15) is 19.9 Å². The van der Waals surface area contributed by atoms with Gasteiger partial charge in [0.05, 0.1) is 25.9 Å². The minimum Gasteiger partial charge on any atom is -0.414 e. The number of nitrogens with one attached hydrogen (secondary N) is 2. The van der Waals surface area contributed by atoms with Crippen molar-refractivity contribution in [1.29, 1.82) is 0 Å². The third-order valence-corrected chi connectivity index (χ3v) is 38.5. The molecule has 0 saturated carbocycles. The van der Waals surface area contributed by atoms with E-state index >= 15 is 0 Å². The number of Topliss-reactive ketones (excluding diaryl/α,β-unsaturated/α-hetero) is 1. The minimum atomic E-state index is -3.12. The number of hydrogen-bond acceptors (Lipinski definition) is 18. The van der Waals surface area contributed by atoms with Crippen molar-refractivity contribution < 1.29 is 54.9 Å². The van der Waals surface area contributed by atoms with E-state index in [0.717, 1.165) is 0 Å². The summed E-state index contributed by atoms with van der Waals surface area (Å²) in [5.41, 5.74) is 3.56. The van der Waals surface area contributed by atoms with Crippen molar-refractivity contribution in [2.45, 2.75) is 245 Å². The summed E-state index contributed by atoms with van der Waals surface area (Å²) in [6.07, 6.45) is -2.25. The van der Waals surface area contributed by atoms with Crippen LogP contribution in [-0.4, -0.2) is 147 Å². The first-order valence-corrected chi connectivity index (χ1v) is 42.5. The third kappa shape index (κ3) is 13.3. The summed E-state index contributed by atoms with van der Waals surface area (Å²) in [6.45, 7) is 48.0. The van der Waals surface area contributed by atoms with Crippen LogP contribution in [0.4, 0.5) is 11.9 Å². The van der Waals surface area contributed by atoms with Crippen LogP contribution in [0.5, 0.6) is 0 Å². The molecule has 0 bridgehead atoms. The summed E-state index contributed by atoms with van der Waals surface area (Å²) in [5, 5.41) is 18.4. The summed E-state index contributed by atoms with van der Waals surface area (Å²) < 4.78 is 58.7. The van der Waals surface area contributed by atoms with Gasteiger partial charge in [-0.05, 0) is 44.3 Å². The van der Waals surface area contributed by atoms with Crippen molar-refractivity contribution in [1.82, 2.24) is 39.0 Å². The molecule has 22 nitrogen and oxygen atoms in total. The Morgan fingerprint density at radius 1 is 0.605 bits per heavy atom. The van der Waals surface area contributed by atoms with Gasteiger partial charge in [0, 0.05) is 11.8 Å². The van der Waals surface area contributed by atoms with Gasteiger partial charge in [-0.1, -0.05) is 187 Å². The number of carbonyl (C=O) groups is 3.